The SMILES string of the molecule is COC(=O)c1ccc(NCc2cc(=O)n3cc(Cl)ccc3n2)c(C)c1. The van der Waals surface area contributed by atoms with E-state index in [2.05, 4.69) is 10.3 Å². The number of rotatable bonds is 4. The van der Waals surface area contributed by atoms with Crippen LogP contribution in [0.4, 0.5) is 5.69 Å². The predicted octanol–water partition coefficient (Wildman–Crippen LogP) is 3.06. The molecular formula is C18H16ClN3O3. The molecule has 0 aliphatic carbocycles. The molecule has 0 fully saturated rings. The van der Waals surface area contributed by atoms with Gasteiger partial charge in [0.2, 0.25) is 0 Å². The number of esters is 1. The van der Waals surface area contributed by atoms with Crippen molar-refractivity contribution >= 4 is 28.9 Å². The first kappa shape index (κ1) is 17.0. The van der Waals surface area contributed by atoms with Crippen molar-refractivity contribution in [3.8, 4) is 0 Å². The monoisotopic (exact) mass is 357 g/mol. The molecule has 0 amide bonds. The highest BCUT2D eigenvalue weighted by atomic mass is 35.5. The van der Waals surface area contributed by atoms with Crippen LogP contribution in [-0.2, 0) is 11.3 Å². The molecule has 0 radical (unpaired) electrons. The van der Waals surface area contributed by atoms with Gasteiger partial charge in [0, 0.05) is 18.0 Å². The fourth-order valence-electron chi connectivity index (χ4n) is 2.51. The Kier molecular flexibility index (Phi) is 4.72. The van der Waals surface area contributed by atoms with Crippen LogP contribution in [0.15, 0.2) is 47.4 Å². The minimum absolute atomic E-state index is 0.193. The fraction of sp³-hybridized carbons (Fsp3) is 0.167. The Balaban J connectivity index is 1.82. The number of aromatic nitrogens is 2. The largest absolute Gasteiger partial charge is 0.465 e. The van der Waals surface area contributed by atoms with Crippen LogP contribution in [0.5, 0.6) is 0 Å². The molecule has 7 heteroatoms. The van der Waals surface area contributed by atoms with Gasteiger partial charge in [-0.3, -0.25) is 9.20 Å². The summed E-state index contributed by atoms with van der Waals surface area (Å²) in [5.41, 5.74) is 3.19. The summed E-state index contributed by atoms with van der Waals surface area (Å²) in [4.78, 5) is 28.2. The van der Waals surface area contributed by atoms with Gasteiger partial charge in [-0.2, -0.15) is 0 Å². The molecule has 1 aromatic carbocycles. The van der Waals surface area contributed by atoms with E-state index in [0.29, 0.717) is 28.5 Å². The number of carbonyl (C=O) groups excluding carboxylic acids is 1. The summed E-state index contributed by atoms with van der Waals surface area (Å²) in [5, 5.41) is 3.70. The lowest BCUT2D eigenvalue weighted by Crippen LogP contribution is -2.16. The maximum atomic E-state index is 12.2. The minimum Gasteiger partial charge on any atom is -0.465 e. The Morgan fingerprint density at radius 1 is 1.28 bits per heavy atom. The number of hydrogen-bond donors (Lipinski definition) is 1. The van der Waals surface area contributed by atoms with Crippen molar-refractivity contribution in [1.29, 1.82) is 0 Å². The quantitative estimate of drug-likeness (QED) is 0.726. The second-order valence-electron chi connectivity index (χ2n) is 5.54. The molecule has 0 saturated heterocycles. The number of carbonyl (C=O) groups is 1. The maximum absolute atomic E-state index is 12.2. The molecule has 1 N–H and O–H groups in total. The lowest BCUT2D eigenvalue weighted by atomic mass is 10.1. The number of anilines is 1. The second-order valence-corrected chi connectivity index (χ2v) is 5.97. The Hall–Kier alpha value is -2.86. The van der Waals surface area contributed by atoms with Crippen LogP contribution < -0.4 is 10.9 Å². The maximum Gasteiger partial charge on any atom is 0.337 e. The molecule has 3 aromatic rings. The van der Waals surface area contributed by atoms with Gasteiger partial charge in [-0.25, -0.2) is 9.78 Å². The van der Waals surface area contributed by atoms with Gasteiger partial charge in [0.25, 0.3) is 5.56 Å². The summed E-state index contributed by atoms with van der Waals surface area (Å²) in [5.74, 6) is -0.377. The van der Waals surface area contributed by atoms with Crippen molar-refractivity contribution in [3.63, 3.8) is 0 Å². The number of aryl methyl sites for hydroxylation is 1. The van der Waals surface area contributed by atoms with Crippen LogP contribution in [0, 0.1) is 6.92 Å². The average Bonchev–Trinajstić information content (AvgIpc) is 2.60. The average molecular weight is 358 g/mol. The van der Waals surface area contributed by atoms with Crippen molar-refractivity contribution in [2.75, 3.05) is 12.4 Å². The van der Waals surface area contributed by atoms with E-state index in [9.17, 15) is 9.59 Å². The van der Waals surface area contributed by atoms with Crippen LogP contribution in [0.1, 0.15) is 21.6 Å². The normalized spacial score (nSPS) is 10.7. The van der Waals surface area contributed by atoms with Gasteiger partial charge >= 0.3 is 5.97 Å². The first-order chi connectivity index (χ1) is 12.0. The van der Waals surface area contributed by atoms with E-state index < -0.39 is 0 Å². The topological polar surface area (TPSA) is 72.7 Å². The number of ether oxygens (including phenoxy) is 1. The predicted molar refractivity (Wildman–Crippen MR) is 96.3 cm³/mol. The van der Waals surface area contributed by atoms with Crippen LogP contribution >= 0.6 is 11.6 Å². The number of pyridine rings is 1. The first-order valence-corrected chi connectivity index (χ1v) is 7.96. The second kappa shape index (κ2) is 6.94. The molecule has 0 bridgehead atoms. The smallest absolute Gasteiger partial charge is 0.337 e. The molecule has 25 heavy (non-hydrogen) atoms. The lowest BCUT2D eigenvalue weighted by Gasteiger charge is -2.11. The van der Waals surface area contributed by atoms with Gasteiger partial charge in [0.1, 0.15) is 5.65 Å². The van der Waals surface area contributed by atoms with Crippen molar-refractivity contribution in [2.45, 2.75) is 13.5 Å². The minimum atomic E-state index is -0.377. The fourth-order valence-corrected chi connectivity index (χ4v) is 2.67. The van der Waals surface area contributed by atoms with Crippen LogP contribution in [0.3, 0.4) is 0 Å². The lowest BCUT2D eigenvalue weighted by molar-refractivity contribution is 0.0600. The molecule has 128 valence electrons. The Morgan fingerprint density at radius 3 is 2.80 bits per heavy atom. The molecule has 0 aliphatic rings. The molecule has 0 saturated carbocycles. The number of hydrogen-bond acceptors (Lipinski definition) is 5. The highest BCUT2D eigenvalue weighted by molar-refractivity contribution is 6.30. The molecule has 0 spiro atoms. The summed E-state index contributed by atoms with van der Waals surface area (Å²) >= 11 is 5.90. The van der Waals surface area contributed by atoms with E-state index >= 15 is 0 Å². The van der Waals surface area contributed by atoms with Crippen LogP contribution in [0.2, 0.25) is 5.02 Å². The summed E-state index contributed by atoms with van der Waals surface area (Å²) in [6.45, 7) is 2.27. The number of methoxy groups -OCH3 is 1. The van der Waals surface area contributed by atoms with E-state index in [1.165, 1.54) is 17.6 Å². The molecule has 2 heterocycles. The summed E-state index contributed by atoms with van der Waals surface area (Å²) in [6.07, 6.45) is 1.54. The van der Waals surface area contributed by atoms with Gasteiger partial charge in [0.05, 0.1) is 29.9 Å². The van der Waals surface area contributed by atoms with Gasteiger partial charge in [-0.15, -0.1) is 0 Å². The summed E-state index contributed by atoms with van der Waals surface area (Å²) in [6, 6.07) is 10.1. The highest BCUT2D eigenvalue weighted by Crippen LogP contribution is 2.18. The third-order valence-corrected chi connectivity index (χ3v) is 4.01. The van der Waals surface area contributed by atoms with E-state index in [0.717, 1.165) is 11.3 Å². The molecule has 0 atom stereocenters. The third kappa shape index (κ3) is 3.64. The number of benzene rings is 1. The molecule has 6 nitrogen and oxygen atoms in total. The van der Waals surface area contributed by atoms with E-state index in [4.69, 9.17) is 16.3 Å². The van der Waals surface area contributed by atoms with Gasteiger partial charge in [0.15, 0.2) is 0 Å². The van der Waals surface area contributed by atoms with E-state index in [1.807, 2.05) is 6.92 Å². The Bertz CT molecular complexity index is 1010. The number of nitrogens with zero attached hydrogens (tertiary/aromatic N) is 2. The van der Waals surface area contributed by atoms with Gasteiger partial charge in [-0.05, 0) is 42.8 Å². The van der Waals surface area contributed by atoms with Gasteiger partial charge in [-0.1, -0.05) is 11.6 Å². The standard InChI is InChI=1S/C18H16ClN3O3/c1-11-7-12(18(24)25-2)3-5-15(11)20-9-14-8-17(23)22-10-13(19)4-6-16(22)21-14/h3-8,10,20H,9H2,1-2H3. The molecular weight excluding hydrogens is 342 g/mol. The van der Waals surface area contributed by atoms with Crippen LogP contribution in [0.25, 0.3) is 5.65 Å². The van der Waals surface area contributed by atoms with Gasteiger partial charge < -0.3 is 10.1 Å². The number of fused-ring (bicyclic) bond motifs is 1. The molecule has 2 aromatic heterocycles. The zero-order valence-corrected chi connectivity index (χ0v) is 14.5. The molecule has 3 rings (SSSR count). The Morgan fingerprint density at radius 2 is 2.08 bits per heavy atom. The zero-order chi connectivity index (χ0) is 18.0. The van der Waals surface area contributed by atoms with Crippen LogP contribution in [-0.4, -0.2) is 22.5 Å². The van der Waals surface area contributed by atoms with Crippen molar-refractivity contribution < 1.29 is 9.53 Å². The molecule has 0 unspecified atom stereocenters. The molecule has 0 aliphatic heterocycles. The third-order valence-electron chi connectivity index (χ3n) is 3.78. The Labute approximate surface area is 149 Å². The van der Waals surface area contributed by atoms with E-state index in [1.54, 1.807) is 36.5 Å². The number of halogens is 1. The first-order valence-electron chi connectivity index (χ1n) is 7.58. The number of nitrogens with one attached hydrogen (secondary N) is 1. The highest BCUT2D eigenvalue weighted by Gasteiger charge is 2.08. The summed E-state index contributed by atoms with van der Waals surface area (Å²) in [7, 11) is 1.35. The summed E-state index contributed by atoms with van der Waals surface area (Å²) < 4.78 is 6.11. The van der Waals surface area contributed by atoms with Crippen molar-refractivity contribution in [3.05, 3.63) is 74.8 Å². The van der Waals surface area contributed by atoms with Crippen molar-refractivity contribution in [2.24, 2.45) is 0 Å². The zero-order valence-electron chi connectivity index (χ0n) is 13.7. The van der Waals surface area contributed by atoms with Crippen molar-refractivity contribution in [1.82, 2.24) is 9.38 Å². The van der Waals surface area contributed by atoms with E-state index in [-0.39, 0.29) is 11.5 Å².